The number of methoxy groups -OCH3 is 1. The molecule has 1 aromatic carbocycles. The van der Waals surface area contributed by atoms with Gasteiger partial charge in [-0.15, -0.1) is 0 Å². The molecule has 0 spiro atoms. The van der Waals surface area contributed by atoms with E-state index < -0.39 is 17.7 Å². The molecule has 0 bridgehead atoms. The zero-order valence-corrected chi connectivity index (χ0v) is 14.6. The molecule has 1 amide bonds. The maximum Gasteiger partial charge on any atom is 0.290 e. The van der Waals surface area contributed by atoms with Crippen LogP contribution in [0, 0.1) is 0 Å². The number of hydrogen-bond donors (Lipinski definition) is 1. The molecule has 6 nitrogen and oxygen atoms in total. The molecule has 0 aromatic heterocycles. The molecule has 1 atom stereocenters. The van der Waals surface area contributed by atoms with Crippen LogP contribution in [0.4, 0.5) is 5.69 Å². The van der Waals surface area contributed by atoms with Gasteiger partial charge < -0.3 is 19.6 Å². The number of ether oxygens (including phenoxy) is 1. The highest BCUT2D eigenvalue weighted by molar-refractivity contribution is 6.08. The van der Waals surface area contributed by atoms with Crippen LogP contribution >= 0.6 is 0 Å². The van der Waals surface area contributed by atoms with Gasteiger partial charge >= 0.3 is 0 Å². The minimum Gasteiger partial charge on any atom is -0.503 e. The third kappa shape index (κ3) is 3.43. The summed E-state index contributed by atoms with van der Waals surface area (Å²) in [5, 5.41) is 10.2. The van der Waals surface area contributed by atoms with E-state index >= 15 is 0 Å². The van der Waals surface area contributed by atoms with Crippen molar-refractivity contribution in [2.45, 2.75) is 19.4 Å². The van der Waals surface area contributed by atoms with Gasteiger partial charge in [-0.1, -0.05) is 12.1 Å². The first kappa shape index (κ1) is 18.0. The number of amides is 1. The fraction of sp³-hybridized carbons (Fsp3) is 0.444. The highest BCUT2D eigenvalue weighted by Crippen LogP contribution is 2.38. The predicted molar refractivity (Wildman–Crippen MR) is 92.1 cm³/mol. The number of ketones is 1. The van der Waals surface area contributed by atoms with Gasteiger partial charge in [-0.05, 0) is 31.0 Å². The maximum absolute atomic E-state index is 12.4. The van der Waals surface area contributed by atoms with E-state index in [9.17, 15) is 14.7 Å². The van der Waals surface area contributed by atoms with E-state index in [1.807, 2.05) is 43.3 Å². The normalized spacial score (nSPS) is 17.6. The van der Waals surface area contributed by atoms with Crippen molar-refractivity contribution in [2.24, 2.45) is 0 Å². The molecule has 6 heteroatoms. The van der Waals surface area contributed by atoms with Crippen LogP contribution in [-0.2, 0) is 14.3 Å². The van der Waals surface area contributed by atoms with Crippen LogP contribution in [0.5, 0.6) is 0 Å². The lowest BCUT2D eigenvalue weighted by Crippen LogP contribution is -2.32. The quantitative estimate of drug-likeness (QED) is 0.774. The van der Waals surface area contributed by atoms with E-state index in [0.29, 0.717) is 19.6 Å². The number of aliphatic hydroxyl groups is 1. The van der Waals surface area contributed by atoms with Crippen LogP contribution in [0.3, 0.4) is 0 Å². The molecule has 1 N–H and O–H groups in total. The average molecular weight is 332 g/mol. The summed E-state index contributed by atoms with van der Waals surface area (Å²) in [7, 11) is 5.48. The van der Waals surface area contributed by atoms with E-state index in [2.05, 4.69) is 0 Å². The van der Waals surface area contributed by atoms with E-state index in [1.165, 1.54) is 11.8 Å². The highest BCUT2D eigenvalue weighted by atomic mass is 16.5. The standard InChI is InChI=1S/C18H24N2O4/c1-12(21)15-16(13-6-8-14(9-7-13)19(2)3)20(10-5-11-24-4)18(23)17(15)22/h6-9,16,22H,5,10-11H2,1-4H3. The summed E-state index contributed by atoms with van der Waals surface area (Å²) >= 11 is 0. The number of carbonyl (C=O) groups is 2. The first-order chi connectivity index (χ1) is 11.4. The summed E-state index contributed by atoms with van der Waals surface area (Å²) in [5.41, 5.74) is 1.99. The Bertz CT molecular complexity index is 649. The Hall–Kier alpha value is -2.34. The van der Waals surface area contributed by atoms with Crippen molar-refractivity contribution in [3.63, 3.8) is 0 Å². The number of carbonyl (C=O) groups excluding carboxylic acids is 2. The number of aliphatic hydroxyl groups excluding tert-OH is 1. The molecule has 24 heavy (non-hydrogen) atoms. The highest BCUT2D eigenvalue weighted by Gasteiger charge is 2.41. The van der Waals surface area contributed by atoms with E-state index in [-0.39, 0.29) is 11.4 Å². The van der Waals surface area contributed by atoms with E-state index in [0.717, 1.165) is 11.3 Å². The summed E-state index contributed by atoms with van der Waals surface area (Å²) in [5.74, 6) is -1.24. The average Bonchev–Trinajstić information content (AvgIpc) is 2.80. The van der Waals surface area contributed by atoms with Gasteiger partial charge in [0, 0.05) is 40.0 Å². The topological polar surface area (TPSA) is 70.1 Å². The Labute approximate surface area is 142 Å². The van der Waals surface area contributed by atoms with Gasteiger partial charge in [-0.25, -0.2) is 0 Å². The number of hydrogen-bond acceptors (Lipinski definition) is 5. The van der Waals surface area contributed by atoms with Gasteiger partial charge in [0.05, 0.1) is 11.6 Å². The summed E-state index contributed by atoms with van der Waals surface area (Å²) in [6, 6.07) is 7.08. The second-order valence-corrected chi connectivity index (χ2v) is 6.05. The number of rotatable bonds is 7. The molecule has 0 saturated heterocycles. The van der Waals surface area contributed by atoms with Crippen LogP contribution in [0.25, 0.3) is 0 Å². The van der Waals surface area contributed by atoms with Gasteiger partial charge in [0.2, 0.25) is 0 Å². The largest absolute Gasteiger partial charge is 0.503 e. The van der Waals surface area contributed by atoms with Crippen molar-refractivity contribution >= 4 is 17.4 Å². The van der Waals surface area contributed by atoms with Gasteiger partial charge in [-0.2, -0.15) is 0 Å². The summed E-state index contributed by atoms with van der Waals surface area (Å²) in [6.45, 7) is 2.29. The SMILES string of the molecule is COCCCN1C(=O)C(O)=C(C(C)=O)C1c1ccc(N(C)C)cc1. The summed E-state index contributed by atoms with van der Waals surface area (Å²) in [4.78, 5) is 27.9. The second-order valence-electron chi connectivity index (χ2n) is 6.05. The minimum absolute atomic E-state index is 0.162. The maximum atomic E-state index is 12.4. The minimum atomic E-state index is -0.553. The van der Waals surface area contributed by atoms with Crippen molar-refractivity contribution in [3.05, 3.63) is 41.2 Å². The molecule has 1 unspecified atom stereocenters. The molecule has 130 valence electrons. The first-order valence-electron chi connectivity index (χ1n) is 7.89. The van der Waals surface area contributed by atoms with Crippen molar-refractivity contribution in [1.29, 1.82) is 0 Å². The lowest BCUT2D eigenvalue weighted by molar-refractivity contribution is -0.129. The van der Waals surface area contributed by atoms with Gasteiger partial charge in [0.1, 0.15) is 0 Å². The summed E-state index contributed by atoms with van der Waals surface area (Å²) in [6.07, 6.45) is 0.632. The van der Waals surface area contributed by atoms with E-state index in [4.69, 9.17) is 4.74 Å². The number of Topliss-reactive ketones (excluding diaryl/α,β-unsaturated/α-hetero) is 1. The van der Waals surface area contributed by atoms with E-state index in [1.54, 1.807) is 7.11 Å². The Kier molecular flexibility index (Phi) is 5.62. The molecule has 1 aromatic rings. The Morgan fingerprint density at radius 3 is 2.42 bits per heavy atom. The molecule has 2 rings (SSSR count). The lowest BCUT2D eigenvalue weighted by atomic mass is 9.96. The van der Waals surface area contributed by atoms with Crippen molar-refractivity contribution in [3.8, 4) is 0 Å². The van der Waals surface area contributed by atoms with Crippen LogP contribution in [-0.4, -0.2) is 56.1 Å². The number of nitrogens with zero attached hydrogens (tertiary/aromatic N) is 2. The molecule has 0 fully saturated rings. The third-order valence-corrected chi connectivity index (χ3v) is 4.16. The van der Waals surface area contributed by atoms with Crippen molar-refractivity contribution in [2.75, 3.05) is 39.3 Å². The van der Waals surface area contributed by atoms with Gasteiger partial charge in [0.25, 0.3) is 5.91 Å². The van der Waals surface area contributed by atoms with Crippen LogP contribution in [0.15, 0.2) is 35.6 Å². The molecule has 0 aliphatic carbocycles. The van der Waals surface area contributed by atoms with Crippen LogP contribution in [0.1, 0.15) is 24.9 Å². The molecular weight excluding hydrogens is 308 g/mol. The number of benzene rings is 1. The summed E-state index contributed by atoms with van der Waals surface area (Å²) < 4.78 is 5.03. The third-order valence-electron chi connectivity index (χ3n) is 4.16. The molecule has 0 radical (unpaired) electrons. The Morgan fingerprint density at radius 2 is 1.92 bits per heavy atom. The van der Waals surface area contributed by atoms with Crippen molar-refractivity contribution in [1.82, 2.24) is 4.90 Å². The zero-order chi connectivity index (χ0) is 17.9. The zero-order valence-electron chi connectivity index (χ0n) is 14.6. The molecule has 1 heterocycles. The van der Waals surface area contributed by atoms with Crippen LogP contribution in [0.2, 0.25) is 0 Å². The smallest absolute Gasteiger partial charge is 0.290 e. The Balaban J connectivity index is 2.38. The monoisotopic (exact) mass is 332 g/mol. The van der Waals surface area contributed by atoms with Crippen LogP contribution < -0.4 is 4.90 Å². The Morgan fingerprint density at radius 1 is 1.29 bits per heavy atom. The molecule has 1 aliphatic heterocycles. The fourth-order valence-electron chi connectivity index (χ4n) is 2.92. The second kappa shape index (κ2) is 7.49. The fourth-order valence-corrected chi connectivity index (χ4v) is 2.92. The molecule has 1 aliphatic rings. The van der Waals surface area contributed by atoms with Crippen molar-refractivity contribution < 1.29 is 19.4 Å². The first-order valence-corrected chi connectivity index (χ1v) is 7.89. The lowest BCUT2D eigenvalue weighted by Gasteiger charge is -2.27. The predicted octanol–water partition coefficient (Wildman–Crippen LogP) is 2.07. The van der Waals surface area contributed by atoms with Gasteiger partial charge in [-0.3, -0.25) is 9.59 Å². The molecular formula is C18H24N2O4. The number of anilines is 1. The molecule has 0 saturated carbocycles. The van der Waals surface area contributed by atoms with Gasteiger partial charge in [0.15, 0.2) is 11.5 Å².